The van der Waals surface area contributed by atoms with Crippen molar-refractivity contribution in [3.05, 3.63) is 29.6 Å². The average Bonchev–Trinajstić information content (AvgIpc) is 2.50. The molecule has 0 amide bonds. The smallest absolute Gasteiger partial charge is 0.0404 e. The highest BCUT2D eigenvalue weighted by Crippen LogP contribution is 2.09. The van der Waals surface area contributed by atoms with E-state index in [0.29, 0.717) is 6.04 Å². The van der Waals surface area contributed by atoms with Gasteiger partial charge in [-0.1, -0.05) is 5.57 Å². The summed E-state index contributed by atoms with van der Waals surface area (Å²) in [5, 5.41) is 3.22. The van der Waals surface area contributed by atoms with Crippen LogP contribution in [0.3, 0.4) is 0 Å². The van der Waals surface area contributed by atoms with Crippen LogP contribution in [0.15, 0.2) is 23.9 Å². The zero-order chi connectivity index (χ0) is 9.84. The van der Waals surface area contributed by atoms with Crippen molar-refractivity contribution in [2.45, 2.75) is 19.9 Å². The first kappa shape index (κ1) is 10.1. The molecule has 0 aliphatic carbocycles. The summed E-state index contributed by atoms with van der Waals surface area (Å²) in [7, 11) is 4.04. The lowest BCUT2D eigenvalue weighted by Gasteiger charge is -2.10. The third-order valence-electron chi connectivity index (χ3n) is 2.48. The van der Waals surface area contributed by atoms with Crippen molar-refractivity contribution >= 4 is 6.08 Å². The Balaban J connectivity index is 2.82. The Morgan fingerprint density at radius 2 is 2.31 bits per heavy atom. The SMILES string of the molecule is CNC(C)/C(C)=C/c1cccn1C. The lowest BCUT2D eigenvalue weighted by molar-refractivity contribution is 0.695. The number of likely N-dealkylation sites (N-methyl/N-ethyl adjacent to an activating group) is 1. The van der Waals surface area contributed by atoms with E-state index in [0.717, 1.165) is 0 Å². The van der Waals surface area contributed by atoms with Crippen molar-refractivity contribution in [3.8, 4) is 0 Å². The summed E-state index contributed by atoms with van der Waals surface area (Å²) in [4.78, 5) is 0. The van der Waals surface area contributed by atoms with Gasteiger partial charge in [0.15, 0.2) is 0 Å². The van der Waals surface area contributed by atoms with Gasteiger partial charge < -0.3 is 9.88 Å². The van der Waals surface area contributed by atoms with Crippen LogP contribution in [0.1, 0.15) is 19.5 Å². The van der Waals surface area contributed by atoms with Gasteiger partial charge in [-0.15, -0.1) is 0 Å². The van der Waals surface area contributed by atoms with Gasteiger partial charge >= 0.3 is 0 Å². The molecule has 2 nitrogen and oxygen atoms in total. The Kier molecular flexibility index (Phi) is 3.32. The monoisotopic (exact) mass is 178 g/mol. The molecule has 0 aliphatic rings. The molecule has 13 heavy (non-hydrogen) atoms. The molecule has 0 aliphatic heterocycles. The molecule has 0 fully saturated rings. The molecule has 2 heteroatoms. The molecule has 1 aromatic rings. The average molecular weight is 178 g/mol. The highest BCUT2D eigenvalue weighted by molar-refractivity contribution is 5.50. The van der Waals surface area contributed by atoms with Crippen LogP contribution in [0, 0.1) is 0 Å². The zero-order valence-electron chi connectivity index (χ0n) is 8.83. The van der Waals surface area contributed by atoms with Gasteiger partial charge in [0.25, 0.3) is 0 Å². The molecule has 0 spiro atoms. The van der Waals surface area contributed by atoms with Crippen LogP contribution in [0.5, 0.6) is 0 Å². The summed E-state index contributed by atoms with van der Waals surface area (Å²) in [6.07, 6.45) is 4.27. The number of hydrogen-bond acceptors (Lipinski definition) is 1. The Morgan fingerprint density at radius 1 is 1.62 bits per heavy atom. The van der Waals surface area contributed by atoms with Gasteiger partial charge in [0.2, 0.25) is 0 Å². The highest BCUT2D eigenvalue weighted by atomic mass is 14.9. The van der Waals surface area contributed by atoms with Gasteiger partial charge in [-0.3, -0.25) is 0 Å². The molecule has 1 aromatic heterocycles. The van der Waals surface area contributed by atoms with E-state index in [-0.39, 0.29) is 0 Å². The number of aryl methyl sites for hydroxylation is 1. The zero-order valence-corrected chi connectivity index (χ0v) is 8.83. The predicted octanol–water partition coefficient (Wildman–Crippen LogP) is 2.04. The van der Waals surface area contributed by atoms with Crippen LogP contribution >= 0.6 is 0 Å². The minimum Gasteiger partial charge on any atom is -0.351 e. The summed E-state index contributed by atoms with van der Waals surface area (Å²) in [6, 6.07) is 4.62. The van der Waals surface area contributed by atoms with Crippen molar-refractivity contribution in [2.75, 3.05) is 7.05 Å². The molecular formula is C11H18N2. The van der Waals surface area contributed by atoms with Gasteiger partial charge in [-0.25, -0.2) is 0 Å². The quantitative estimate of drug-likeness (QED) is 0.749. The number of hydrogen-bond donors (Lipinski definition) is 1. The fraction of sp³-hybridized carbons (Fsp3) is 0.455. The van der Waals surface area contributed by atoms with Crippen LogP contribution in [0.4, 0.5) is 0 Å². The van der Waals surface area contributed by atoms with Crippen molar-refractivity contribution in [2.24, 2.45) is 7.05 Å². The third-order valence-corrected chi connectivity index (χ3v) is 2.48. The number of aromatic nitrogens is 1. The lowest BCUT2D eigenvalue weighted by atomic mass is 10.1. The largest absolute Gasteiger partial charge is 0.351 e. The second kappa shape index (κ2) is 4.28. The maximum absolute atomic E-state index is 3.22. The Bertz CT molecular complexity index is 297. The van der Waals surface area contributed by atoms with Crippen LogP contribution in [-0.2, 0) is 7.05 Å². The predicted molar refractivity (Wildman–Crippen MR) is 57.6 cm³/mol. The molecule has 1 atom stereocenters. The van der Waals surface area contributed by atoms with Crippen molar-refractivity contribution in [1.29, 1.82) is 0 Å². The fourth-order valence-corrected chi connectivity index (χ4v) is 1.21. The molecule has 1 unspecified atom stereocenters. The van der Waals surface area contributed by atoms with Gasteiger partial charge in [0.05, 0.1) is 0 Å². The molecule has 72 valence electrons. The second-order valence-electron chi connectivity index (χ2n) is 3.44. The first-order valence-corrected chi connectivity index (χ1v) is 4.62. The van der Waals surface area contributed by atoms with E-state index in [1.807, 2.05) is 7.05 Å². The molecule has 0 saturated heterocycles. The highest BCUT2D eigenvalue weighted by Gasteiger charge is 2.00. The normalized spacial score (nSPS) is 14.6. The maximum atomic E-state index is 3.22. The third kappa shape index (κ3) is 2.46. The fourth-order valence-electron chi connectivity index (χ4n) is 1.21. The first-order valence-electron chi connectivity index (χ1n) is 4.62. The van der Waals surface area contributed by atoms with E-state index in [2.05, 4.69) is 55.2 Å². The van der Waals surface area contributed by atoms with E-state index >= 15 is 0 Å². The van der Waals surface area contributed by atoms with E-state index in [9.17, 15) is 0 Å². The van der Waals surface area contributed by atoms with Gasteiger partial charge in [-0.2, -0.15) is 0 Å². The molecule has 0 aromatic carbocycles. The van der Waals surface area contributed by atoms with Crippen molar-refractivity contribution < 1.29 is 0 Å². The summed E-state index contributed by atoms with van der Waals surface area (Å²) < 4.78 is 2.12. The minimum atomic E-state index is 0.440. The first-order chi connectivity index (χ1) is 6.15. The summed E-state index contributed by atoms with van der Waals surface area (Å²) in [5.74, 6) is 0. The lowest BCUT2D eigenvalue weighted by Crippen LogP contribution is -2.22. The minimum absolute atomic E-state index is 0.440. The van der Waals surface area contributed by atoms with E-state index in [1.165, 1.54) is 11.3 Å². The number of nitrogens with zero attached hydrogens (tertiary/aromatic N) is 1. The molecule has 1 heterocycles. The second-order valence-corrected chi connectivity index (χ2v) is 3.44. The Morgan fingerprint density at radius 3 is 2.77 bits per heavy atom. The standard InChI is InChI=1S/C11H18N2/c1-9(10(2)12-3)8-11-6-5-7-13(11)4/h5-8,10,12H,1-4H3/b9-8+. The van der Waals surface area contributed by atoms with Crippen LogP contribution < -0.4 is 5.32 Å². The van der Waals surface area contributed by atoms with Crippen LogP contribution in [0.2, 0.25) is 0 Å². The Hall–Kier alpha value is -1.02. The molecule has 0 saturated carbocycles. The van der Waals surface area contributed by atoms with Gasteiger partial charge in [0.1, 0.15) is 0 Å². The van der Waals surface area contributed by atoms with E-state index in [4.69, 9.17) is 0 Å². The van der Waals surface area contributed by atoms with E-state index in [1.54, 1.807) is 0 Å². The topological polar surface area (TPSA) is 17.0 Å². The van der Waals surface area contributed by atoms with Gasteiger partial charge in [-0.05, 0) is 39.1 Å². The summed E-state index contributed by atoms with van der Waals surface area (Å²) in [5.41, 5.74) is 2.60. The van der Waals surface area contributed by atoms with Crippen molar-refractivity contribution in [3.63, 3.8) is 0 Å². The Labute approximate surface area is 80.3 Å². The molecule has 1 rings (SSSR count). The van der Waals surface area contributed by atoms with Crippen LogP contribution in [0.25, 0.3) is 6.08 Å². The van der Waals surface area contributed by atoms with E-state index < -0.39 is 0 Å². The molecule has 0 bridgehead atoms. The maximum Gasteiger partial charge on any atom is 0.0404 e. The van der Waals surface area contributed by atoms with Crippen molar-refractivity contribution in [1.82, 2.24) is 9.88 Å². The summed E-state index contributed by atoms with van der Waals surface area (Å²) >= 11 is 0. The molecule has 1 N–H and O–H groups in total. The van der Waals surface area contributed by atoms with Crippen LogP contribution in [-0.4, -0.2) is 17.7 Å². The molecule has 0 radical (unpaired) electrons. The summed E-state index contributed by atoms with van der Waals surface area (Å²) in [6.45, 7) is 4.31. The number of nitrogens with one attached hydrogen (secondary N) is 1. The number of rotatable bonds is 3. The molecular weight excluding hydrogens is 160 g/mol. The van der Waals surface area contributed by atoms with Gasteiger partial charge in [0, 0.05) is 25.0 Å².